The second-order valence-corrected chi connectivity index (χ2v) is 4.15. The van der Waals surface area contributed by atoms with Gasteiger partial charge < -0.3 is 0 Å². The molecular weight excluding hydrogens is 176 g/mol. The lowest BCUT2D eigenvalue weighted by Gasteiger charge is -2.05. The number of hydrogen-bond acceptors (Lipinski definition) is 2. The first-order chi connectivity index (χ1) is 6.75. The van der Waals surface area contributed by atoms with Crippen LogP contribution in [-0.2, 0) is 7.05 Å². The molecule has 3 nitrogen and oxygen atoms in total. The molecule has 1 aliphatic rings. The van der Waals surface area contributed by atoms with Gasteiger partial charge in [0.05, 0.1) is 0 Å². The van der Waals surface area contributed by atoms with Gasteiger partial charge in [0.15, 0.2) is 5.78 Å². The summed E-state index contributed by atoms with van der Waals surface area (Å²) in [5.74, 6) is 0.821. The largest absolute Gasteiger partial charge is 0.292 e. The van der Waals surface area contributed by atoms with Gasteiger partial charge in [-0.05, 0) is 12.0 Å². The minimum atomic E-state index is 0.206. The second kappa shape index (κ2) is 3.95. The van der Waals surface area contributed by atoms with Gasteiger partial charge in [0, 0.05) is 19.7 Å². The third-order valence-electron chi connectivity index (χ3n) is 2.95. The highest BCUT2D eigenvalue weighted by Gasteiger charge is 2.20. The molecule has 0 bridgehead atoms. The lowest BCUT2D eigenvalue weighted by molar-refractivity contribution is 0.0956. The fourth-order valence-corrected chi connectivity index (χ4v) is 2.15. The molecule has 1 saturated carbocycles. The molecule has 1 heterocycles. The monoisotopic (exact) mass is 192 g/mol. The van der Waals surface area contributed by atoms with Gasteiger partial charge in [-0.2, -0.15) is 5.10 Å². The minimum Gasteiger partial charge on any atom is -0.292 e. The first-order valence-electron chi connectivity index (χ1n) is 5.28. The lowest BCUT2D eigenvalue weighted by atomic mass is 10.00. The predicted octanol–water partition coefficient (Wildman–Crippen LogP) is 2.18. The van der Waals surface area contributed by atoms with Crippen molar-refractivity contribution >= 4 is 5.78 Å². The van der Waals surface area contributed by atoms with Crippen LogP contribution in [-0.4, -0.2) is 15.6 Å². The van der Waals surface area contributed by atoms with Crippen molar-refractivity contribution in [2.45, 2.75) is 32.1 Å². The minimum absolute atomic E-state index is 0.206. The summed E-state index contributed by atoms with van der Waals surface area (Å²) >= 11 is 0. The number of nitrogens with zero attached hydrogens (tertiary/aromatic N) is 2. The number of aryl methyl sites for hydroxylation is 1. The summed E-state index contributed by atoms with van der Waals surface area (Å²) in [5, 5.41) is 4.12. The average Bonchev–Trinajstić information content (AvgIpc) is 2.75. The summed E-state index contributed by atoms with van der Waals surface area (Å²) in [4.78, 5) is 11.7. The summed E-state index contributed by atoms with van der Waals surface area (Å²) in [6, 6.07) is 1.80. The molecule has 1 aliphatic carbocycles. The standard InChI is InChI=1S/C11H16N2O/c1-13-7-6-10(12-13)11(14)8-9-4-2-3-5-9/h6-7,9H,2-5,8H2,1H3. The lowest BCUT2D eigenvalue weighted by Crippen LogP contribution is -2.07. The molecule has 1 fully saturated rings. The summed E-state index contributed by atoms with van der Waals surface area (Å²) in [6.07, 6.45) is 7.54. The first-order valence-corrected chi connectivity index (χ1v) is 5.28. The van der Waals surface area contributed by atoms with Gasteiger partial charge in [0.1, 0.15) is 5.69 Å². The Balaban J connectivity index is 1.95. The van der Waals surface area contributed by atoms with Crippen LogP contribution in [0.3, 0.4) is 0 Å². The fourth-order valence-electron chi connectivity index (χ4n) is 2.15. The smallest absolute Gasteiger partial charge is 0.183 e. The Labute approximate surface area is 84.1 Å². The van der Waals surface area contributed by atoms with E-state index in [-0.39, 0.29) is 5.78 Å². The van der Waals surface area contributed by atoms with Crippen LogP contribution < -0.4 is 0 Å². The zero-order valence-electron chi connectivity index (χ0n) is 8.57. The van der Waals surface area contributed by atoms with E-state index in [1.54, 1.807) is 10.7 Å². The van der Waals surface area contributed by atoms with Crippen LogP contribution in [0.2, 0.25) is 0 Å². The van der Waals surface area contributed by atoms with Gasteiger partial charge >= 0.3 is 0 Å². The normalized spacial score (nSPS) is 17.5. The number of Topliss-reactive ketones (excluding diaryl/α,β-unsaturated/α-hetero) is 1. The maximum absolute atomic E-state index is 11.7. The van der Waals surface area contributed by atoms with Crippen molar-refractivity contribution in [3.63, 3.8) is 0 Å². The third kappa shape index (κ3) is 2.03. The molecule has 14 heavy (non-hydrogen) atoms. The van der Waals surface area contributed by atoms with E-state index >= 15 is 0 Å². The maximum Gasteiger partial charge on any atom is 0.183 e. The zero-order chi connectivity index (χ0) is 9.97. The molecular formula is C11H16N2O. The van der Waals surface area contributed by atoms with Crippen LogP contribution >= 0.6 is 0 Å². The van der Waals surface area contributed by atoms with Crippen molar-refractivity contribution in [3.05, 3.63) is 18.0 Å². The Hall–Kier alpha value is -1.12. The predicted molar refractivity (Wildman–Crippen MR) is 54.1 cm³/mol. The summed E-state index contributed by atoms with van der Waals surface area (Å²) in [5.41, 5.74) is 0.624. The van der Waals surface area contributed by atoms with Crippen molar-refractivity contribution < 1.29 is 4.79 Å². The SMILES string of the molecule is Cn1ccc(C(=O)CC2CCCC2)n1. The molecule has 1 aromatic rings. The van der Waals surface area contributed by atoms with E-state index in [2.05, 4.69) is 5.10 Å². The van der Waals surface area contributed by atoms with Crippen molar-refractivity contribution in [3.8, 4) is 0 Å². The van der Waals surface area contributed by atoms with Gasteiger partial charge in [-0.25, -0.2) is 0 Å². The highest BCUT2D eigenvalue weighted by atomic mass is 16.1. The highest BCUT2D eigenvalue weighted by Crippen LogP contribution is 2.28. The van der Waals surface area contributed by atoms with Crippen LogP contribution in [0.1, 0.15) is 42.6 Å². The number of carbonyl (C=O) groups is 1. The van der Waals surface area contributed by atoms with Crippen molar-refractivity contribution in [2.24, 2.45) is 13.0 Å². The van der Waals surface area contributed by atoms with E-state index in [1.807, 2.05) is 13.2 Å². The van der Waals surface area contributed by atoms with Crippen molar-refractivity contribution in [1.29, 1.82) is 0 Å². The fraction of sp³-hybridized carbons (Fsp3) is 0.636. The zero-order valence-corrected chi connectivity index (χ0v) is 8.57. The third-order valence-corrected chi connectivity index (χ3v) is 2.95. The number of aromatic nitrogens is 2. The first kappa shape index (κ1) is 9.44. The number of rotatable bonds is 3. The van der Waals surface area contributed by atoms with Gasteiger partial charge in [-0.3, -0.25) is 9.48 Å². The van der Waals surface area contributed by atoms with Crippen LogP contribution in [0, 0.1) is 5.92 Å². The van der Waals surface area contributed by atoms with E-state index < -0.39 is 0 Å². The Morgan fingerprint density at radius 3 is 2.86 bits per heavy atom. The van der Waals surface area contributed by atoms with E-state index in [4.69, 9.17) is 0 Å². The maximum atomic E-state index is 11.7. The highest BCUT2D eigenvalue weighted by molar-refractivity contribution is 5.94. The van der Waals surface area contributed by atoms with Gasteiger partial charge in [0.25, 0.3) is 0 Å². The number of hydrogen-bond donors (Lipinski definition) is 0. The van der Waals surface area contributed by atoms with Crippen LogP contribution in [0.4, 0.5) is 0 Å². The van der Waals surface area contributed by atoms with Gasteiger partial charge in [0.2, 0.25) is 0 Å². The van der Waals surface area contributed by atoms with E-state index in [9.17, 15) is 4.79 Å². The van der Waals surface area contributed by atoms with Crippen molar-refractivity contribution in [1.82, 2.24) is 9.78 Å². The molecule has 1 aromatic heterocycles. The molecule has 0 unspecified atom stereocenters. The van der Waals surface area contributed by atoms with E-state index in [0.29, 0.717) is 18.0 Å². The van der Waals surface area contributed by atoms with Crippen LogP contribution in [0.25, 0.3) is 0 Å². The number of ketones is 1. The Kier molecular flexibility index (Phi) is 2.66. The summed E-state index contributed by atoms with van der Waals surface area (Å²) in [7, 11) is 1.84. The topological polar surface area (TPSA) is 34.9 Å². The van der Waals surface area contributed by atoms with E-state index in [1.165, 1.54) is 25.7 Å². The van der Waals surface area contributed by atoms with Crippen molar-refractivity contribution in [2.75, 3.05) is 0 Å². The van der Waals surface area contributed by atoms with Crippen LogP contribution in [0.5, 0.6) is 0 Å². The molecule has 0 atom stereocenters. The van der Waals surface area contributed by atoms with Crippen LogP contribution in [0.15, 0.2) is 12.3 Å². The molecule has 3 heteroatoms. The average molecular weight is 192 g/mol. The molecule has 0 aliphatic heterocycles. The summed E-state index contributed by atoms with van der Waals surface area (Å²) < 4.78 is 1.68. The molecule has 0 radical (unpaired) electrons. The molecule has 2 rings (SSSR count). The Morgan fingerprint density at radius 1 is 1.57 bits per heavy atom. The Bertz CT molecular complexity index is 324. The Morgan fingerprint density at radius 2 is 2.29 bits per heavy atom. The molecule has 0 saturated heterocycles. The quantitative estimate of drug-likeness (QED) is 0.688. The molecule has 0 amide bonds. The summed E-state index contributed by atoms with van der Waals surface area (Å²) in [6.45, 7) is 0. The molecule has 0 aromatic carbocycles. The molecule has 0 N–H and O–H groups in total. The van der Waals surface area contributed by atoms with Gasteiger partial charge in [-0.1, -0.05) is 25.7 Å². The van der Waals surface area contributed by atoms with Gasteiger partial charge in [-0.15, -0.1) is 0 Å². The molecule has 76 valence electrons. The molecule has 0 spiro atoms. The van der Waals surface area contributed by atoms with E-state index in [0.717, 1.165) is 0 Å². The second-order valence-electron chi connectivity index (χ2n) is 4.15. The number of carbonyl (C=O) groups excluding carboxylic acids is 1.